The quantitative estimate of drug-likeness (QED) is 0.669. The summed E-state index contributed by atoms with van der Waals surface area (Å²) in [6.45, 7) is 0. The van der Waals surface area contributed by atoms with Gasteiger partial charge in [0, 0.05) is 13.3 Å². The van der Waals surface area contributed by atoms with Gasteiger partial charge in [-0.05, 0) is 30.1 Å². The van der Waals surface area contributed by atoms with Crippen LogP contribution in [0.2, 0.25) is 0 Å². The van der Waals surface area contributed by atoms with E-state index in [1.165, 1.54) is 11.1 Å². The van der Waals surface area contributed by atoms with Gasteiger partial charge in [-0.1, -0.05) is 12.2 Å². The second kappa shape index (κ2) is 3.98. The first kappa shape index (κ1) is 9.49. The smallest absolute Gasteiger partial charge is 0.175 e. The zero-order valence-corrected chi connectivity index (χ0v) is 8.56. The minimum absolute atomic E-state index is 0.0649. The Kier molecular flexibility index (Phi) is 2.70. The maximum Gasteiger partial charge on any atom is 0.175 e. The van der Waals surface area contributed by atoms with Gasteiger partial charge in [-0.3, -0.25) is 4.84 Å². The molecule has 3 heteroatoms. The highest BCUT2D eigenvalue weighted by Crippen LogP contribution is 2.29. The van der Waals surface area contributed by atoms with Crippen molar-refractivity contribution in [1.82, 2.24) is 5.06 Å². The van der Waals surface area contributed by atoms with Crippen molar-refractivity contribution in [1.29, 1.82) is 0 Å². The molecule has 1 unspecified atom stereocenters. The van der Waals surface area contributed by atoms with E-state index in [4.69, 9.17) is 9.57 Å². The number of hydroxylamine groups is 2. The van der Waals surface area contributed by atoms with Gasteiger partial charge in [0.15, 0.2) is 6.23 Å². The van der Waals surface area contributed by atoms with Crippen LogP contribution in [0, 0.1) is 0 Å². The van der Waals surface area contributed by atoms with Crippen LogP contribution in [0.1, 0.15) is 12.8 Å². The lowest BCUT2D eigenvalue weighted by molar-refractivity contribution is -0.183. The van der Waals surface area contributed by atoms with Gasteiger partial charge >= 0.3 is 0 Å². The molecule has 0 aromatic carbocycles. The molecule has 0 fully saturated rings. The minimum atomic E-state index is -0.0649. The summed E-state index contributed by atoms with van der Waals surface area (Å²) in [6, 6.07) is 0. The molecule has 1 aliphatic carbocycles. The van der Waals surface area contributed by atoms with E-state index in [0.717, 1.165) is 12.8 Å². The number of nitrogens with zero attached hydrogens (tertiary/aromatic N) is 1. The molecule has 0 amide bonds. The molecule has 2 rings (SSSR count). The van der Waals surface area contributed by atoms with Crippen molar-refractivity contribution in [3.63, 3.8) is 0 Å². The van der Waals surface area contributed by atoms with Crippen LogP contribution in [0.15, 0.2) is 35.6 Å². The average Bonchev–Trinajstić information content (AvgIpc) is 2.27. The van der Waals surface area contributed by atoms with Gasteiger partial charge in [0.25, 0.3) is 0 Å². The van der Waals surface area contributed by atoms with Crippen LogP contribution in [0.4, 0.5) is 0 Å². The molecule has 1 atom stereocenters. The predicted molar refractivity (Wildman–Crippen MR) is 54.2 cm³/mol. The Balaban J connectivity index is 2.29. The molecule has 2 aliphatic rings. The second-order valence-electron chi connectivity index (χ2n) is 3.37. The van der Waals surface area contributed by atoms with Gasteiger partial charge in [-0.15, -0.1) is 0 Å². The van der Waals surface area contributed by atoms with Crippen molar-refractivity contribution in [3.8, 4) is 0 Å². The normalized spacial score (nSPS) is 25.6. The highest BCUT2D eigenvalue weighted by Gasteiger charge is 2.25. The molecule has 3 nitrogen and oxygen atoms in total. The number of ether oxygens (including phenoxy) is 1. The van der Waals surface area contributed by atoms with Gasteiger partial charge in [0.1, 0.15) is 0 Å². The van der Waals surface area contributed by atoms with Crippen LogP contribution in [0.25, 0.3) is 0 Å². The zero-order valence-electron chi connectivity index (χ0n) is 8.56. The Morgan fingerprint density at radius 2 is 2.21 bits per heavy atom. The molecule has 0 aromatic heterocycles. The Morgan fingerprint density at radius 1 is 1.36 bits per heavy atom. The zero-order chi connectivity index (χ0) is 9.97. The van der Waals surface area contributed by atoms with Crippen LogP contribution in [0.5, 0.6) is 0 Å². The number of rotatable bonds is 2. The highest BCUT2D eigenvalue weighted by atomic mass is 16.7. The summed E-state index contributed by atoms with van der Waals surface area (Å²) in [5.74, 6) is 0. The van der Waals surface area contributed by atoms with Crippen molar-refractivity contribution in [2.75, 3.05) is 14.2 Å². The molecule has 0 saturated carbocycles. The Hall–Kier alpha value is -1.06. The molecule has 14 heavy (non-hydrogen) atoms. The fourth-order valence-electron chi connectivity index (χ4n) is 1.92. The van der Waals surface area contributed by atoms with Gasteiger partial charge in [0.2, 0.25) is 0 Å². The number of methoxy groups -OCH3 is 1. The summed E-state index contributed by atoms with van der Waals surface area (Å²) >= 11 is 0. The number of hydrogen-bond donors (Lipinski definition) is 0. The van der Waals surface area contributed by atoms with E-state index in [9.17, 15) is 0 Å². The summed E-state index contributed by atoms with van der Waals surface area (Å²) in [5.41, 5.74) is 2.57. The van der Waals surface area contributed by atoms with Gasteiger partial charge in [-0.2, -0.15) is 0 Å². The van der Waals surface area contributed by atoms with Crippen molar-refractivity contribution < 1.29 is 9.57 Å². The standard InChI is InChI=1S/C11H15NO2/c1-13-11-10-6-4-3-5-9(10)7-8-12(11)14-2/h3,5,7-8,11H,4,6H2,1-2H3. The van der Waals surface area contributed by atoms with Gasteiger partial charge in [-0.25, -0.2) is 5.06 Å². The molecule has 0 aromatic rings. The Labute approximate surface area is 84.2 Å². The van der Waals surface area contributed by atoms with Crippen molar-refractivity contribution in [3.05, 3.63) is 35.6 Å². The van der Waals surface area contributed by atoms with Gasteiger partial charge < -0.3 is 4.74 Å². The lowest BCUT2D eigenvalue weighted by Crippen LogP contribution is -2.36. The lowest BCUT2D eigenvalue weighted by atomic mass is 9.94. The molecule has 0 N–H and O–H groups in total. The molecule has 0 spiro atoms. The molecule has 0 saturated heterocycles. The predicted octanol–water partition coefficient (Wildman–Crippen LogP) is 2.00. The lowest BCUT2D eigenvalue weighted by Gasteiger charge is -2.33. The molecule has 0 bridgehead atoms. The topological polar surface area (TPSA) is 21.7 Å². The Morgan fingerprint density at radius 3 is 2.93 bits per heavy atom. The maximum atomic E-state index is 5.42. The summed E-state index contributed by atoms with van der Waals surface area (Å²) < 4.78 is 5.42. The molecule has 1 aliphatic heterocycles. The monoisotopic (exact) mass is 193 g/mol. The first-order valence-electron chi connectivity index (χ1n) is 4.80. The van der Waals surface area contributed by atoms with Crippen LogP contribution in [-0.4, -0.2) is 25.5 Å². The molecule has 0 radical (unpaired) electrons. The fourth-order valence-corrected chi connectivity index (χ4v) is 1.92. The molecule has 1 heterocycles. The first-order valence-corrected chi connectivity index (χ1v) is 4.80. The van der Waals surface area contributed by atoms with E-state index in [-0.39, 0.29) is 6.23 Å². The van der Waals surface area contributed by atoms with Crippen LogP contribution >= 0.6 is 0 Å². The van der Waals surface area contributed by atoms with E-state index in [1.807, 2.05) is 6.20 Å². The number of allylic oxidation sites excluding steroid dienone is 4. The average molecular weight is 193 g/mol. The maximum absolute atomic E-state index is 5.42. The van der Waals surface area contributed by atoms with Crippen LogP contribution in [-0.2, 0) is 9.57 Å². The third-order valence-electron chi connectivity index (χ3n) is 2.61. The third-order valence-corrected chi connectivity index (χ3v) is 2.61. The summed E-state index contributed by atoms with van der Waals surface area (Å²) in [4.78, 5) is 5.21. The summed E-state index contributed by atoms with van der Waals surface area (Å²) in [7, 11) is 3.36. The summed E-state index contributed by atoms with van der Waals surface area (Å²) in [5, 5.41) is 1.73. The SMILES string of the molecule is COC1C2=C(C=CCC2)C=CN1OC. The molecule has 76 valence electrons. The van der Waals surface area contributed by atoms with E-state index in [2.05, 4.69) is 18.2 Å². The van der Waals surface area contributed by atoms with Crippen molar-refractivity contribution >= 4 is 0 Å². The van der Waals surface area contributed by atoms with Crippen LogP contribution in [0.3, 0.4) is 0 Å². The second-order valence-corrected chi connectivity index (χ2v) is 3.37. The highest BCUT2D eigenvalue weighted by molar-refractivity contribution is 5.41. The van der Waals surface area contributed by atoms with Crippen molar-refractivity contribution in [2.24, 2.45) is 0 Å². The van der Waals surface area contributed by atoms with E-state index in [0.29, 0.717) is 0 Å². The third kappa shape index (κ3) is 1.49. The van der Waals surface area contributed by atoms with E-state index >= 15 is 0 Å². The first-order chi connectivity index (χ1) is 6.86. The Bertz CT molecular complexity index is 304. The fraction of sp³-hybridized carbons (Fsp3) is 0.455. The van der Waals surface area contributed by atoms with Crippen LogP contribution < -0.4 is 0 Å². The molecular formula is C11H15NO2. The summed E-state index contributed by atoms with van der Waals surface area (Å²) in [6.07, 6.45) is 10.4. The van der Waals surface area contributed by atoms with Gasteiger partial charge in [0.05, 0.1) is 7.11 Å². The number of hydrogen-bond acceptors (Lipinski definition) is 3. The minimum Gasteiger partial charge on any atom is -0.355 e. The molecular weight excluding hydrogens is 178 g/mol. The van der Waals surface area contributed by atoms with Crippen molar-refractivity contribution in [2.45, 2.75) is 19.1 Å². The van der Waals surface area contributed by atoms with E-state index in [1.54, 1.807) is 19.3 Å². The van der Waals surface area contributed by atoms with E-state index < -0.39 is 0 Å². The largest absolute Gasteiger partial charge is 0.355 e.